The molecule has 0 spiro atoms. The maximum Gasteiger partial charge on any atom is 0.161 e. The number of rotatable bonds is 2. The van der Waals surface area contributed by atoms with Crippen LogP contribution in [0.1, 0.15) is 28.6 Å². The molecule has 0 aliphatic carbocycles. The van der Waals surface area contributed by atoms with E-state index >= 15 is 0 Å². The number of aromatic nitrogens is 3. The Hall–Kier alpha value is -1.81. The van der Waals surface area contributed by atoms with Crippen LogP contribution in [0.25, 0.3) is 0 Å². The van der Waals surface area contributed by atoms with E-state index < -0.39 is 6.10 Å². The molecule has 0 bridgehead atoms. The van der Waals surface area contributed by atoms with Crippen molar-refractivity contribution in [2.24, 2.45) is 0 Å². The standard InChI is InChI=1S/C12H13N3O/c1-8-5-14-12(15-6-8)11(16)10-7-13-4-3-9(10)2/h3-7,11,16H,1-2H3. The van der Waals surface area contributed by atoms with Crippen LogP contribution in [0.3, 0.4) is 0 Å². The second kappa shape index (κ2) is 4.37. The summed E-state index contributed by atoms with van der Waals surface area (Å²) >= 11 is 0. The number of nitrogens with zero attached hydrogens (tertiary/aromatic N) is 3. The topological polar surface area (TPSA) is 58.9 Å². The van der Waals surface area contributed by atoms with Gasteiger partial charge >= 0.3 is 0 Å². The number of aryl methyl sites for hydroxylation is 2. The van der Waals surface area contributed by atoms with Gasteiger partial charge in [0.25, 0.3) is 0 Å². The van der Waals surface area contributed by atoms with Crippen molar-refractivity contribution < 1.29 is 5.11 Å². The number of hydrogen-bond acceptors (Lipinski definition) is 4. The van der Waals surface area contributed by atoms with E-state index in [1.54, 1.807) is 24.8 Å². The summed E-state index contributed by atoms with van der Waals surface area (Å²) in [4.78, 5) is 12.2. The number of hydrogen-bond donors (Lipinski definition) is 1. The summed E-state index contributed by atoms with van der Waals surface area (Å²) in [7, 11) is 0. The van der Waals surface area contributed by atoms with Gasteiger partial charge in [-0.1, -0.05) is 0 Å². The lowest BCUT2D eigenvalue weighted by Gasteiger charge is -2.11. The molecule has 1 atom stereocenters. The van der Waals surface area contributed by atoms with Gasteiger partial charge in [0.15, 0.2) is 5.82 Å². The predicted octanol–water partition coefficient (Wildman–Crippen LogP) is 1.57. The Morgan fingerprint density at radius 3 is 2.44 bits per heavy atom. The minimum atomic E-state index is -0.811. The summed E-state index contributed by atoms with van der Waals surface area (Å²) in [6.45, 7) is 3.83. The SMILES string of the molecule is Cc1cnc(C(O)c2cnccc2C)nc1. The van der Waals surface area contributed by atoms with Crippen LogP contribution in [0.5, 0.6) is 0 Å². The van der Waals surface area contributed by atoms with E-state index in [1.165, 1.54) is 0 Å². The van der Waals surface area contributed by atoms with E-state index in [0.717, 1.165) is 16.7 Å². The smallest absolute Gasteiger partial charge is 0.161 e. The van der Waals surface area contributed by atoms with E-state index in [9.17, 15) is 5.11 Å². The van der Waals surface area contributed by atoms with E-state index in [2.05, 4.69) is 15.0 Å². The number of aliphatic hydroxyl groups excluding tert-OH is 1. The summed E-state index contributed by atoms with van der Waals surface area (Å²) < 4.78 is 0. The molecule has 1 unspecified atom stereocenters. The van der Waals surface area contributed by atoms with E-state index in [4.69, 9.17) is 0 Å². The lowest BCUT2D eigenvalue weighted by molar-refractivity contribution is 0.208. The van der Waals surface area contributed by atoms with E-state index in [0.29, 0.717) is 5.82 Å². The summed E-state index contributed by atoms with van der Waals surface area (Å²) in [5.74, 6) is 0.404. The molecule has 1 N–H and O–H groups in total. The molecular weight excluding hydrogens is 202 g/mol. The van der Waals surface area contributed by atoms with Crippen LogP contribution in [0.15, 0.2) is 30.9 Å². The van der Waals surface area contributed by atoms with Gasteiger partial charge < -0.3 is 5.11 Å². The lowest BCUT2D eigenvalue weighted by atomic mass is 10.1. The normalized spacial score (nSPS) is 12.4. The summed E-state index contributed by atoms with van der Waals surface area (Å²) in [5, 5.41) is 10.1. The molecule has 4 heteroatoms. The van der Waals surface area contributed by atoms with Gasteiger partial charge in [0, 0.05) is 30.4 Å². The Bertz CT molecular complexity index is 482. The zero-order valence-electron chi connectivity index (χ0n) is 9.25. The van der Waals surface area contributed by atoms with Crippen molar-refractivity contribution in [1.29, 1.82) is 0 Å². The molecule has 82 valence electrons. The van der Waals surface area contributed by atoms with Crippen LogP contribution in [0.4, 0.5) is 0 Å². The summed E-state index contributed by atoms with van der Waals surface area (Å²) in [6.07, 6.45) is 5.91. The molecule has 0 fully saturated rings. The highest BCUT2D eigenvalue weighted by Crippen LogP contribution is 2.20. The highest BCUT2D eigenvalue weighted by atomic mass is 16.3. The Kier molecular flexibility index (Phi) is 2.92. The molecule has 0 saturated carbocycles. The highest BCUT2D eigenvalue weighted by Gasteiger charge is 2.15. The molecule has 2 rings (SSSR count). The monoisotopic (exact) mass is 215 g/mol. The first-order valence-electron chi connectivity index (χ1n) is 5.05. The molecule has 2 aromatic rings. The quantitative estimate of drug-likeness (QED) is 0.826. The average Bonchev–Trinajstić information content (AvgIpc) is 2.30. The third-order valence-corrected chi connectivity index (χ3v) is 2.42. The van der Waals surface area contributed by atoms with Gasteiger partial charge in [0.2, 0.25) is 0 Å². The molecular formula is C12H13N3O. The molecule has 0 radical (unpaired) electrons. The molecule has 0 amide bonds. The van der Waals surface area contributed by atoms with Crippen LogP contribution < -0.4 is 0 Å². The van der Waals surface area contributed by atoms with Crippen molar-refractivity contribution in [3.05, 3.63) is 53.4 Å². The van der Waals surface area contributed by atoms with Gasteiger partial charge in [-0.2, -0.15) is 0 Å². The largest absolute Gasteiger partial charge is 0.380 e. The summed E-state index contributed by atoms with van der Waals surface area (Å²) in [5.41, 5.74) is 2.69. The third kappa shape index (κ3) is 2.06. The highest BCUT2D eigenvalue weighted by molar-refractivity contribution is 5.27. The van der Waals surface area contributed by atoms with Gasteiger partial charge in [0.05, 0.1) is 0 Å². The Morgan fingerprint density at radius 1 is 1.12 bits per heavy atom. The van der Waals surface area contributed by atoms with Crippen LogP contribution in [0.2, 0.25) is 0 Å². The third-order valence-electron chi connectivity index (χ3n) is 2.42. The average molecular weight is 215 g/mol. The predicted molar refractivity (Wildman–Crippen MR) is 59.8 cm³/mol. The molecule has 0 saturated heterocycles. The van der Waals surface area contributed by atoms with Crippen molar-refractivity contribution in [3.63, 3.8) is 0 Å². The second-order valence-corrected chi connectivity index (χ2v) is 3.75. The molecule has 16 heavy (non-hydrogen) atoms. The van der Waals surface area contributed by atoms with Crippen molar-refractivity contribution in [1.82, 2.24) is 15.0 Å². The maximum absolute atomic E-state index is 10.1. The molecule has 0 aliphatic heterocycles. The van der Waals surface area contributed by atoms with Gasteiger partial charge in [-0.15, -0.1) is 0 Å². The van der Waals surface area contributed by atoms with E-state index in [1.807, 2.05) is 19.9 Å². The van der Waals surface area contributed by atoms with Crippen LogP contribution >= 0.6 is 0 Å². The minimum absolute atomic E-state index is 0.404. The Balaban J connectivity index is 2.35. The first-order valence-corrected chi connectivity index (χ1v) is 5.05. The number of aliphatic hydroxyl groups is 1. The molecule has 4 nitrogen and oxygen atoms in total. The van der Waals surface area contributed by atoms with Crippen molar-refractivity contribution in [2.75, 3.05) is 0 Å². The zero-order chi connectivity index (χ0) is 11.5. The first-order chi connectivity index (χ1) is 7.68. The summed E-state index contributed by atoms with van der Waals surface area (Å²) in [6, 6.07) is 1.85. The fourth-order valence-electron chi connectivity index (χ4n) is 1.45. The van der Waals surface area contributed by atoms with Crippen LogP contribution in [-0.2, 0) is 0 Å². The fraction of sp³-hybridized carbons (Fsp3) is 0.250. The zero-order valence-corrected chi connectivity index (χ0v) is 9.25. The Labute approximate surface area is 94.0 Å². The van der Waals surface area contributed by atoms with Crippen molar-refractivity contribution in [2.45, 2.75) is 20.0 Å². The van der Waals surface area contributed by atoms with Gasteiger partial charge in [-0.25, -0.2) is 9.97 Å². The molecule has 2 aromatic heterocycles. The van der Waals surface area contributed by atoms with Gasteiger partial charge in [0.1, 0.15) is 6.10 Å². The second-order valence-electron chi connectivity index (χ2n) is 3.75. The van der Waals surface area contributed by atoms with Gasteiger partial charge in [-0.05, 0) is 31.0 Å². The fourth-order valence-corrected chi connectivity index (χ4v) is 1.45. The van der Waals surface area contributed by atoms with Crippen LogP contribution in [-0.4, -0.2) is 20.1 Å². The lowest BCUT2D eigenvalue weighted by Crippen LogP contribution is -2.07. The molecule has 2 heterocycles. The van der Waals surface area contributed by atoms with Gasteiger partial charge in [-0.3, -0.25) is 4.98 Å². The minimum Gasteiger partial charge on any atom is -0.380 e. The Morgan fingerprint density at radius 2 is 1.81 bits per heavy atom. The van der Waals surface area contributed by atoms with E-state index in [-0.39, 0.29) is 0 Å². The maximum atomic E-state index is 10.1. The molecule has 0 aromatic carbocycles. The van der Waals surface area contributed by atoms with Crippen molar-refractivity contribution in [3.8, 4) is 0 Å². The number of pyridine rings is 1. The molecule has 0 aliphatic rings. The van der Waals surface area contributed by atoms with Crippen LogP contribution in [0, 0.1) is 13.8 Å². The first kappa shape index (κ1) is 10.7. The van der Waals surface area contributed by atoms with Crippen molar-refractivity contribution >= 4 is 0 Å².